The lowest BCUT2D eigenvalue weighted by Crippen LogP contribution is -2.55. The molecule has 0 radical (unpaired) electrons. The van der Waals surface area contributed by atoms with Crippen LogP contribution in [0.4, 0.5) is 4.39 Å². The van der Waals surface area contributed by atoms with E-state index < -0.39 is 0 Å². The lowest BCUT2D eigenvalue weighted by atomic mass is 10.0. The van der Waals surface area contributed by atoms with Crippen LogP contribution in [-0.4, -0.2) is 48.1 Å². The second kappa shape index (κ2) is 8.07. The summed E-state index contributed by atoms with van der Waals surface area (Å²) >= 11 is 0. The third-order valence-corrected chi connectivity index (χ3v) is 5.46. The van der Waals surface area contributed by atoms with Gasteiger partial charge in [0.1, 0.15) is 5.82 Å². The largest absolute Gasteiger partial charge is 0.336 e. The number of nitriles is 1. The Hall–Kier alpha value is -2.79. The Morgan fingerprint density at radius 3 is 2.32 bits per heavy atom. The van der Waals surface area contributed by atoms with Crippen molar-refractivity contribution in [1.29, 1.82) is 5.26 Å². The fourth-order valence-corrected chi connectivity index (χ4v) is 3.80. The number of halogens is 1. The number of nitrogens with zero attached hydrogens (tertiary/aromatic N) is 3. The molecule has 2 heterocycles. The molecule has 0 aromatic heterocycles. The Labute approximate surface area is 163 Å². The molecule has 2 atom stereocenters. The zero-order chi connectivity index (χ0) is 19.5. The number of amides is 1. The SMILES string of the molecule is N#Cc1ccc(C(=O)N2CCN(C3CC(c4ccc(F)cc4)NN3)CC2)cc1. The minimum absolute atomic E-state index is 0.00540. The summed E-state index contributed by atoms with van der Waals surface area (Å²) in [7, 11) is 0. The molecule has 0 aliphatic carbocycles. The maximum atomic E-state index is 13.1. The molecule has 28 heavy (non-hydrogen) atoms. The Morgan fingerprint density at radius 1 is 1.00 bits per heavy atom. The van der Waals surface area contributed by atoms with Crippen molar-refractivity contribution < 1.29 is 9.18 Å². The number of carbonyl (C=O) groups excluding carboxylic acids is 1. The number of piperazine rings is 1. The van der Waals surface area contributed by atoms with Crippen molar-refractivity contribution in [3.63, 3.8) is 0 Å². The number of rotatable bonds is 3. The fourth-order valence-electron chi connectivity index (χ4n) is 3.80. The third kappa shape index (κ3) is 3.90. The van der Waals surface area contributed by atoms with Crippen LogP contribution in [0.3, 0.4) is 0 Å². The summed E-state index contributed by atoms with van der Waals surface area (Å²) in [5, 5.41) is 8.87. The molecule has 6 nitrogen and oxygen atoms in total. The quantitative estimate of drug-likeness (QED) is 0.854. The Kier molecular flexibility index (Phi) is 5.35. The molecule has 2 aromatic rings. The van der Waals surface area contributed by atoms with Crippen LogP contribution in [0.2, 0.25) is 0 Å². The van der Waals surface area contributed by atoms with E-state index in [-0.39, 0.29) is 23.9 Å². The maximum Gasteiger partial charge on any atom is 0.253 e. The van der Waals surface area contributed by atoms with Crippen LogP contribution >= 0.6 is 0 Å². The summed E-state index contributed by atoms with van der Waals surface area (Å²) < 4.78 is 13.1. The predicted molar refractivity (Wildman–Crippen MR) is 102 cm³/mol. The fraction of sp³-hybridized carbons (Fsp3) is 0.333. The van der Waals surface area contributed by atoms with Gasteiger partial charge < -0.3 is 4.90 Å². The minimum atomic E-state index is -0.227. The highest BCUT2D eigenvalue weighted by atomic mass is 19.1. The van der Waals surface area contributed by atoms with Crippen molar-refractivity contribution in [2.45, 2.75) is 18.6 Å². The van der Waals surface area contributed by atoms with Gasteiger partial charge in [-0.1, -0.05) is 12.1 Å². The second-order valence-corrected chi connectivity index (χ2v) is 7.16. The molecule has 0 bridgehead atoms. The Bertz CT molecular complexity index is 869. The smallest absolute Gasteiger partial charge is 0.253 e. The Morgan fingerprint density at radius 2 is 1.68 bits per heavy atom. The molecule has 2 aromatic carbocycles. The van der Waals surface area contributed by atoms with Gasteiger partial charge in [0, 0.05) is 37.8 Å². The van der Waals surface area contributed by atoms with Crippen LogP contribution in [0.5, 0.6) is 0 Å². The van der Waals surface area contributed by atoms with Crippen LogP contribution in [0.25, 0.3) is 0 Å². The van der Waals surface area contributed by atoms with E-state index in [0.717, 1.165) is 25.1 Å². The molecule has 4 rings (SSSR count). The zero-order valence-corrected chi connectivity index (χ0v) is 15.4. The van der Waals surface area contributed by atoms with E-state index in [9.17, 15) is 9.18 Å². The summed E-state index contributed by atoms with van der Waals surface area (Å²) in [5.74, 6) is -0.222. The average molecular weight is 379 g/mol. The molecule has 2 saturated heterocycles. The zero-order valence-electron chi connectivity index (χ0n) is 15.4. The van der Waals surface area contributed by atoms with Gasteiger partial charge in [-0.25, -0.2) is 15.2 Å². The Balaban J connectivity index is 1.31. The van der Waals surface area contributed by atoms with Crippen LogP contribution < -0.4 is 10.9 Å². The summed E-state index contributed by atoms with van der Waals surface area (Å²) in [5.41, 5.74) is 8.84. The molecular weight excluding hydrogens is 357 g/mol. The van der Waals surface area contributed by atoms with Crippen molar-refractivity contribution >= 4 is 5.91 Å². The first-order chi connectivity index (χ1) is 13.6. The third-order valence-electron chi connectivity index (χ3n) is 5.46. The van der Waals surface area contributed by atoms with Gasteiger partial charge in [0.2, 0.25) is 0 Å². The van der Waals surface area contributed by atoms with Gasteiger partial charge in [0.15, 0.2) is 0 Å². The summed E-state index contributed by atoms with van der Waals surface area (Å²) in [6.07, 6.45) is 1.07. The standard InChI is InChI=1S/C21H22FN5O/c22-18-7-5-16(6-8-18)19-13-20(25-24-19)26-9-11-27(12-10-26)21(28)17-3-1-15(14-23)2-4-17/h1-8,19-20,24-25H,9-13H2. The number of hydrogen-bond acceptors (Lipinski definition) is 5. The predicted octanol–water partition coefficient (Wildman–Crippen LogP) is 2.02. The number of carbonyl (C=O) groups is 1. The van der Waals surface area contributed by atoms with Crippen LogP contribution in [0.15, 0.2) is 48.5 Å². The first-order valence-electron chi connectivity index (χ1n) is 9.44. The van der Waals surface area contributed by atoms with Gasteiger partial charge in [0.25, 0.3) is 5.91 Å². The van der Waals surface area contributed by atoms with E-state index in [1.54, 1.807) is 24.3 Å². The van der Waals surface area contributed by atoms with Crippen molar-refractivity contribution in [2.75, 3.05) is 26.2 Å². The molecule has 0 spiro atoms. The molecule has 2 fully saturated rings. The van der Waals surface area contributed by atoms with Gasteiger partial charge in [-0.3, -0.25) is 9.69 Å². The topological polar surface area (TPSA) is 71.4 Å². The molecule has 2 unspecified atom stereocenters. The van der Waals surface area contributed by atoms with Crippen molar-refractivity contribution in [3.8, 4) is 6.07 Å². The van der Waals surface area contributed by atoms with Gasteiger partial charge in [-0.2, -0.15) is 5.26 Å². The minimum Gasteiger partial charge on any atom is -0.336 e. The lowest BCUT2D eigenvalue weighted by molar-refractivity contribution is 0.0545. The summed E-state index contributed by atoms with van der Waals surface area (Å²) in [4.78, 5) is 16.8. The molecule has 1 amide bonds. The van der Waals surface area contributed by atoms with E-state index in [2.05, 4.69) is 21.8 Å². The van der Waals surface area contributed by atoms with Crippen LogP contribution in [0.1, 0.15) is 33.9 Å². The highest BCUT2D eigenvalue weighted by Crippen LogP contribution is 2.24. The lowest BCUT2D eigenvalue weighted by Gasteiger charge is -2.37. The molecule has 2 N–H and O–H groups in total. The molecule has 7 heteroatoms. The molecule has 2 aliphatic heterocycles. The van der Waals surface area contributed by atoms with Gasteiger partial charge in [-0.05, 0) is 48.4 Å². The first kappa shape index (κ1) is 18.6. The van der Waals surface area contributed by atoms with Crippen molar-refractivity contribution in [1.82, 2.24) is 20.7 Å². The highest BCUT2D eigenvalue weighted by Gasteiger charge is 2.32. The molecule has 0 saturated carbocycles. The van der Waals surface area contributed by atoms with Crippen LogP contribution in [0, 0.1) is 17.1 Å². The van der Waals surface area contributed by atoms with Crippen molar-refractivity contribution in [2.24, 2.45) is 0 Å². The second-order valence-electron chi connectivity index (χ2n) is 7.16. The number of benzene rings is 2. The van der Waals surface area contributed by atoms with Crippen LogP contribution in [-0.2, 0) is 0 Å². The summed E-state index contributed by atoms with van der Waals surface area (Å²) in [6, 6.07) is 15.6. The molecule has 144 valence electrons. The van der Waals surface area contributed by atoms with Gasteiger partial charge in [-0.15, -0.1) is 0 Å². The molecular formula is C21H22FN5O. The normalized spacial score (nSPS) is 22.8. The van der Waals surface area contributed by atoms with Crippen molar-refractivity contribution in [3.05, 3.63) is 71.0 Å². The maximum absolute atomic E-state index is 13.1. The average Bonchev–Trinajstić information content (AvgIpc) is 3.24. The van der Waals surface area contributed by atoms with E-state index in [0.29, 0.717) is 24.2 Å². The summed E-state index contributed by atoms with van der Waals surface area (Å²) in [6.45, 7) is 2.91. The first-order valence-corrected chi connectivity index (χ1v) is 9.44. The number of nitrogens with one attached hydrogen (secondary N) is 2. The number of hydrogen-bond donors (Lipinski definition) is 2. The van der Waals surface area contributed by atoms with E-state index in [1.165, 1.54) is 12.1 Å². The molecule has 2 aliphatic rings. The van der Waals surface area contributed by atoms with Gasteiger partial charge >= 0.3 is 0 Å². The van der Waals surface area contributed by atoms with Gasteiger partial charge in [0.05, 0.1) is 17.8 Å². The van der Waals surface area contributed by atoms with E-state index in [4.69, 9.17) is 5.26 Å². The highest BCUT2D eigenvalue weighted by molar-refractivity contribution is 5.94. The number of hydrazine groups is 1. The monoisotopic (exact) mass is 379 g/mol. The van der Waals surface area contributed by atoms with E-state index >= 15 is 0 Å². The van der Waals surface area contributed by atoms with E-state index in [1.807, 2.05) is 17.0 Å².